The summed E-state index contributed by atoms with van der Waals surface area (Å²) in [6.07, 6.45) is 7.32. The number of nitrogens with zero attached hydrogens (tertiary/aromatic N) is 2. The quantitative estimate of drug-likeness (QED) is 0.256. The van der Waals surface area contributed by atoms with E-state index in [1.54, 1.807) is 0 Å². The van der Waals surface area contributed by atoms with Crippen LogP contribution in [0.2, 0.25) is 0 Å². The number of anilines is 1. The van der Waals surface area contributed by atoms with Crippen LogP contribution in [0.15, 0.2) is 40.1 Å². The van der Waals surface area contributed by atoms with E-state index in [9.17, 15) is 25.9 Å². The first-order valence-corrected chi connectivity index (χ1v) is 17.4. The average Bonchev–Trinajstić information content (AvgIpc) is 2.96. The van der Waals surface area contributed by atoms with Crippen LogP contribution < -0.4 is 24.8 Å². The molecule has 5 heterocycles. The van der Waals surface area contributed by atoms with Gasteiger partial charge in [-0.2, -0.15) is 0 Å². The topological polar surface area (TPSA) is 130 Å². The summed E-state index contributed by atoms with van der Waals surface area (Å²) in [4.78, 5) is 0.951. The van der Waals surface area contributed by atoms with Crippen molar-refractivity contribution >= 4 is 31.5 Å². The lowest BCUT2D eigenvalue weighted by molar-refractivity contribution is 0.431. The highest BCUT2D eigenvalue weighted by Crippen LogP contribution is 2.49. The molecule has 0 atom stereocenters. The fourth-order valence-electron chi connectivity index (χ4n) is 7.88. The minimum Gasteiger partial charge on any atom is -0.744 e. The van der Waals surface area contributed by atoms with Crippen LogP contribution in [0, 0.1) is 0 Å². The molecule has 0 spiro atoms. The van der Waals surface area contributed by atoms with Gasteiger partial charge in [-0.1, -0.05) is 6.07 Å². The zero-order valence-electron chi connectivity index (χ0n) is 22.9. The molecule has 5 aliphatic heterocycles. The van der Waals surface area contributed by atoms with Gasteiger partial charge < -0.3 is 18.7 Å². The molecular formula is C31H29N2O7S2-. The summed E-state index contributed by atoms with van der Waals surface area (Å²) in [6.45, 7) is 3.90. The Kier molecular flexibility index (Phi) is 5.73. The number of hydrogen-bond acceptors (Lipinski definition) is 8. The molecule has 8 rings (SSSR count). The highest BCUT2D eigenvalue weighted by Gasteiger charge is 2.36. The third-order valence-electron chi connectivity index (χ3n) is 9.47. The van der Waals surface area contributed by atoms with Crippen molar-refractivity contribution in [2.75, 3.05) is 31.1 Å². The molecule has 0 radical (unpaired) electrons. The van der Waals surface area contributed by atoms with Gasteiger partial charge in [-0.3, -0.25) is 0 Å². The Bertz CT molecular complexity index is 2080. The second kappa shape index (κ2) is 9.12. The Morgan fingerprint density at radius 3 is 2.21 bits per heavy atom. The molecule has 0 bridgehead atoms. The Morgan fingerprint density at radius 2 is 1.45 bits per heavy atom. The van der Waals surface area contributed by atoms with Crippen LogP contribution in [0.5, 0.6) is 11.5 Å². The highest BCUT2D eigenvalue weighted by molar-refractivity contribution is 7.86. The molecule has 0 unspecified atom stereocenters. The summed E-state index contributed by atoms with van der Waals surface area (Å²) < 4.78 is 83.1. The van der Waals surface area contributed by atoms with E-state index in [0.717, 1.165) is 112 Å². The van der Waals surface area contributed by atoms with Gasteiger partial charge in [-0.15, -0.1) is 0 Å². The average molecular weight is 606 g/mol. The standard InChI is InChI=1S/C31H30N2O7S2/c34-41(35,36)20-9-10-21(26(17-20)42(37,38)39)27-24-15-18-5-1-11-32-13-3-7-22(28(18)32)30(24)40-31-23-8-4-14-33-12-2-6-19(29(23)33)16-25(27)31/h9-10,15-17H,1-8,11-14H2,(H-,34,35,36,37,38,39)/p-1. The molecule has 0 N–H and O–H groups in total. The second-order valence-electron chi connectivity index (χ2n) is 11.9. The molecule has 0 saturated heterocycles. The van der Waals surface area contributed by atoms with E-state index < -0.39 is 30.0 Å². The van der Waals surface area contributed by atoms with Crippen molar-refractivity contribution in [1.29, 1.82) is 0 Å². The van der Waals surface area contributed by atoms with Crippen LogP contribution in [-0.2, 0) is 45.9 Å². The molecule has 0 aromatic heterocycles. The predicted molar refractivity (Wildman–Crippen MR) is 153 cm³/mol. The van der Waals surface area contributed by atoms with E-state index in [2.05, 4.69) is 21.6 Å². The zero-order chi connectivity index (χ0) is 29.0. The number of aryl methyl sites for hydroxylation is 2. The summed E-state index contributed by atoms with van der Waals surface area (Å²) >= 11 is 0. The highest BCUT2D eigenvalue weighted by atomic mass is 32.2. The first-order valence-electron chi connectivity index (χ1n) is 14.6. The van der Waals surface area contributed by atoms with Crippen molar-refractivity contribution in [3.63, 3.8) is 0 Å². The van der Waals surface area contributed by atoms with E-state index in [1.165, 1.54) is 17.1 Å². The maximum Gasteiger partial charge on any atom is 0.210 e. The van der Waals surface area contributed by atoms with Crippen LogP contribution in [0.3, 0.4) is 0 Å². The van der Waals surface area contributed by atoms with Crippen LogP contribution >= 0.6 is 0 Å². The van der Waals surface area contributed by atoms with Crippen molar-refractivity contribution in [2.45, 2.75) is 61.2 Å². The monoisotopic (exact) mass is 605 g/mol. The number of rotatable bonds is 3. The van der Waals surface area contributed by atoms with E-state index >= 15 is 0 Å². The van der Waals surface area contributed by atoms with E-state index in [0.29, 0.717) is 27.9 Å². The number of fused-ring (bicyclic) bond motifs is 4. The van der Waals surface area contributed by atoms with Crippen molar-refractivity contribution in [1.82, 2.24) is 4.58 Å². The fourth-order valence-corrected chi connectivity index (χ4v) is 9.16. The predicted octanol–water partition coefficient (Wildman–Crippen LogP) is 1.93. The summed E-state index contributed by atoms with van der Waals surface area (Å²) in [5, 5.41) is 1.91. The minimum atomic E-state index is -5.16. The number of hydrogen-bond donors (Lipinski definition) is 0. The molecule has 0 amide bonds. The molecule has 42 heavy (non-hydrogen) atoms. The van der Waals surface area contributed by atoms with Gasteiger partial charge in [0.1, 0.15) is 44.8 Å². The Hall–Kier alpha value is -3.25. The molecule has 0 fully saturated rings. The second-order valence-corrected chi connectivity index (χ2v) is 14.6. The zero-order valence-corrected chi connectivity index (χ0v) is 24.6. The van der Waals surface area contributed by atoms with E-state index in [-0.39, 0.29) is 5.56 Å². The van der Waals surface area contributed by atoms with Gasteiger partial charge in [0.25, 0.3) is 0 Å². The van der Waals surface area contributed by atoms with Crippen LogP contribution in [-0.4, -0.2) is 52.1 Å². The maximum absolute atomic E-state index is 12.7. The van der Waals surface area contributed by atoms with E-state index in [4.69, 9.17) is 4.74 Å². The molecular weight excluding hydrogens is 576 g/mol. The van der Waals surface area contributed by atoms with Crippen molar-refractivity contribution in [3.8, 4) is 11.5 Å². The van der Waals surface area contributed by atoms with Crippen molar-refractivity contribution in [2.24, 2.45) is 0 Å². The van der Waals surface area contributed by atoms with Crippen molar-refractivity contribution < 1.29 is 30.7 Å². The lowest BCUT2D eigenvalue weighted by Gasteiger charge is -2.39. The van der Waals surface area contributed by atoms with Crippen LogP contribution in [0.1, 0.15) is 59.1 Å². The smallest absolute Gasteiger partial charge is 0.210 e. The van der Waals surface area contributed by atoms with E-state index in [1.807, 2.05) is 0 Å². The molecule has 5 aliphatic rings. The molecule has 0 saturated carbocycles. The lowest BCUT2D eigenvalue weighted by atomic mass is 9.82. The van der Waals surface area contributed by atoms with Gasteiger partial charge in [0.15, 0.2) is 0 Å². The van der Waals surface area contributed by atoms with Crippen molar-refractivity contribution in [3.05, 3.63) is 74.3 Å². The molecule has 11 heteroatoms. The molecule has 9 nitrogen and oxygen atoms in total. The van der Waals surface area contributed by atoms with Crippen LogP contribution in [0.4, 0.5) is 5.69 Å². The Balaban J connectivity index is 1.55. The minimum absolute atomic E-state index is 0.0921. The molecule has 3 aromatic carbocycles. The summed E-state index contributed by atoms with van der Waals surface area (Å²) in [5.41, 5.74) is 7.06. The van der Waals surface area contributed by atoms with Gasteiger partial charge in [-0.25, -0.2) is 21.4 Å². The molecule has 0 aliphatic carbocycles. The Labute approximate surface area is 244 Å². The summed E-state index contributed by atoms with van der Waals surface area (Å²) in [7, 11) is -10.2. The first-order chi connectivity index (χ1) is 20.1. The lowest BCUT2D eigenvalue weighted by Crippen LogP contribution is -2.45. The SMILES string of the molecule is O=S(=O)([O-])c1ccc(C2=c3cc4c5c(c3Oc3c2cc2c6c3CCCN6CCC2)CCC[N+]=5CCC4)c(S(=O)(=O)[O-])c1. The Morgan fingerprint density at radius 1 is 0.738 bits per heavy atom. The van der Waals surface area contributed by atoms with Gasteiger partial charge >= 0.3 is 0 Å². The number of benzene rings is 3. The largest absolute Gasteiger partial charge is 0.744 e. The molecule has 3 aromatic rings. The third-order valence-corrected chi connectivity index (χ3v) is 11.2. The van der Waals surface area contributed by atoms with Gasteiger partial charge in [0.05, 0.1) is 15.4 Å². The van der Waals surface area contributed by atoms with Gasteiger partial charge in [-0.05, 0) is 68.4 Å². The normalized spacial score (nSPS) is 19.0. The summed E-state index contributed by atoms with van der Waals surface area (Å²) in [5.74, 6) is 1.36. The van der Waals surface area contributed by atoms with Crippen LogP contribution in [0.25, 0.3) is 5.57 Å². The van der Waals surface area contributed by atoms with Gasteiger partial charge in [0, 0.05) is 64.7 Å². The first kappa shape index (κ1) is 26.4. The number of ether oxygens (including phenoxy) is 1. The third kappa shape index (κ3) is 3.90. The van der Waals surface area contributed by atoms with Gasteiger partial charge in [0.2, 0.25) is 5.36 Å². The molecule has 218 valence electrons. The summed E-state index contributed by atoms with van der Waals surface area (Å²) in [6, 6.07) is 7.26. The maximum atomic E-state index is 12.7. The fraction of sp³-hybridized carbons (Fsp3) is 0.387.